The van der Waals surface area contributed by atoms with Crippen molar-refractivity contribution in [3.8, 4) is 0 Å². The highest BCUT2D eigenvalue weighted by atomic mass is 15.3. The number of aliphatic imine (C=N–C) groups is 1. The summed E-state index contributed by atoms with van der Waals surface area (Å²) in [7, 11) is 3.66. The molecule has 0 bridgehead atoms. The van der Waals surface area contributed by atoms with Crippen molar-refractivity contribution in [2.45, 2.75) is 19.5 Å². The Kier molecular flexibility index (Phi) is 5.43. The van der Waals surface area contributed by atoms with Crippen LogP contribution in [0.25, 0.3) is 0 Å². The minimum Gasteiger partial charge on any atom is -0.355 e. The van der Waals surface area contributed by atoms with E-state index in [0.717, 1.165) is 44.4 Å². The second-order valence-corrected chi connectivity index (χ2v) is 5.95. The van der Waals surface area contributed by atoms with Crippen molar-refractivity contribution in [2.24, 2.45) is 12.0 Å². The van der Waals surface area contributed by atoms with Crippen LogP contribution in [0.3, 0.4) is 0 Å². The molecule has 0 saturated heterocycles. The summed E-state index contributed by atoms with van der Waals surface area (Å²) in [6.45, 7) is 4.61. The lowest BCUT2D eigenvalue weighted by molar-refractivity contribution is 0.258. The molecule has 0 unspecified atom stereocenters. The average Bonchev–Trinajstić information content (AvgIpc) is 3.03. The highest BCUT2D eigenvalue weighted by Crippen LogP contribution is 2.17. The first-order chi connectivity index (χ1) is 11.8. The average molecular weight is 327 g/mol. The van der Waals surface area contributed by atoms with E-state index in [1.54, 1.807) is 18.1 Å². The van der Waals surface area contributed by atoms with E-state index < -0.39 is 0 Å². The quantitative estimate of drug-likeness (QED) is 0.619. The SMILES string of the molecule is CN=C(NCCN1CCc2ccccc2C1)NCc1ncnn1C. The van der Waals surface area contributed by atoms with Crippen molar-refractivity contribution in [2.75, 3.05) is 26.7 Å². The number of hydrogen-bond acceptors (Lipinski definition) is 4. The van der Waals surface area contributed by atoms with E-state index in [-0.39, 0.29) is 0 Å². The topological polar surface area (TPSA) is 70.4 Å². The number of nitrogens with zero attached hydrogens (tertiary/aromatic N) is 5. The maximum atomic E-state index is 4.25. The number of rotatable bonds is 5. The highest BCUT2D eigenvalue weighted by molar-refractivity contribution is 5.79. The van der Waals surface area contributed by atoms with Crippen LogP contribution in [0, 0.1) is 0 Å². The van der Waals surface area contributed by atoms with Gasteiger partial charge >= 0.3 is 0 Å². The summed E-state index contributed by atoms with van der Waals surface area (Å²) < 4.78 is 1.76. The zero-order valence-corrected chi connectivity index (χ0v) is 14.4. The zero-order chi connectivity index (χ0) is 16.8. The molecular weight excluding hydrogens is 302 g/mol. The molecule has 0 radical (unpaired) electrons. The summed E-state index contributed by atoms with van der Waals surface area (Å²) in [5.41, 5.74) is 2.94. The standard InChI is InChI=1S/C17H25N7/c1-18-17(20-11-16-21-13-22-23(16)2)19-8-10-24-9-7-14-5-3-4-6-15(14)12-24/h3-6,13H,7-12H2,1-2H3,(H2,18,19,20). The maximum Gasteiger partial charge on any atom is 0.191 e. The Morgan fingerprint density at radius 2 is 2.08 bits per heavy atom. The number of aromatic nitrogens is 3. The zero-order valence-electron chi connectivity index (χ0n) is 14.4. The molecule has 0 aliphatic carbocycles. The summed E-state index contributed by atoms with van der Waals surface area (Å²) >= 11 is 0. The second kappa shape index (κ2) is 7.92. The minimum atomic E-state index is 0.604. The Morgan fingerprint density at radius 1 is 1.25 bits per heavy atom. The smallest absolute Gasteiger partial charge is 0.191 e. The lowest BCUT2D eigenvalue weighted by atomic mass is 10.00. The van der Waals surface area contributed by atoms with Crippen LogP contribution in [-0.4, -0.2) is 52.3 Å². The monoisotopic (exact) mass is 327 g/mol. The molecule has 2 N–H and O–H groups in total. The van der Waals surface area contributed by atoms with Crippen molar-refractivity contribution >= 4 is 5.96 Å². The molecule has 2 aromatic rings. The highest BCUT2D eigenvalue weighted by Gasteiger charge is 2.15. The van der Waals surface area contributed by atoms with Gasteiger partial charge in [0.1, 0.15) is 12.2 Å². The Balaban J connectivity index is 1.41. The summed E-state index contributed by atoms with van der Waals surface area (Å²) in [6, 6.07) is 8.72. The fourth-order valence-corrected chi connectivity index (χ4v) is 2.94. The fraction of sp³-hybridized carbons (Fsp3) is 0.471. The Labute approximate surface area is 142 Å². The van der Waals surface area contributed by atoms with Crippen molar-refractivity contribution in [1.29, 1.82) is 0 Å². The van der Waals surface area contributed by atoms with Gasteiger partial charge in [0.15, 0.2) is 5.96 Å². The molecule has 1 aliphatic heterocycles. The van der Waals surface area contributed by atoms with E-state index in [1.807, 2.05) is 7.05 Å². The molecule has 3 rings (SSSR count). The van der Waals surface area contributed by atoms with Gasteiger partial charge in [-0.2, -0.15) is 5.10 Å². The van der Waals surface area contributed by atoms with Gasteiger partial charge in [0.25, 0.3) is 0 Å². The van der Waals surface area contributed by atoms with Crippen molar-refractivity contribution in [1.82, 2.24) is 30.3 Å². The van der Waals surface area contributed by atoms with E-state index in [2.05, 4.69) is 54.9 Å². The molecule has 0 amide bonds. The van der Waals surface area contributed by atoms with E-state index in [1.165, 1.54) is 11.1 Å². The molecular formula is C17H25N7. The number of benzene rings is 1. The van der Waals surface area contributed by atoms with Crippen LogP contribution in [0.1, 0.15) is 17.0 Å². The largest absolute Gasteiger partial charge is 0.355 e. The molecule has 7 heteroatoms. The number of aryl methyl sites for hydroxylation is 1. The molecule has 1 aliphatic rings. The van der Waals surface area contributed by atoms with Crippen LogP contribution in [0.4, 0.5) is 0 Å². The molecule has 7 nitrogen and oxygen atoms in total. The first kappa shape index (κ1) is 16.4. The van der Waals surface area contributed by atoms with Crippen LogP contribution < -0.4 is 10.6 Å². The van der Waals surface area contributed by atoms with Gasteiger partial charge in [-0.3, -0.25) is 14.6 Å². The van der Waals surface area contributed by atoms with Crippen molar-refractivity contribution in [3.63, 3.8) is 0 Å². The van der Waals surface area contributed by atoms with Gasteiger partial charge in [-0.1, -0.05) is 24.3 Å². The molecule has 1 aromatic carbocycles. The van der Waals surface area contributed by atoms with Gasteiger partial charge in [0, 0.05) is 40.3 Å². The molecule has 0 fully saturated rings. The molecule has 24 heavy (non-hydrogen) atoms. The summed E-state index contributed by atoms with van der Waals surface area (Å²) in [5, 5.41) is 10.7. The third-order valence-corrected chi connectivity index (χ3v) is 4.37. The van der Waals surface area contributed by atoms with E-state index in [4.69, 9.17) is 0 Å². The number of nitrogens with one attached hydrogen (secondary N) is 2. The van der Waals surface area contributed by atoms with Crippen molar-refractivity contribution in [3.05, 3.63) is 47.5 Å². The first-order valence-electron chi connectivity index (χ1n) is 8.33. The third-order valence-electron chi connectivity index (χ3n) is 4.37. The van der Waals surface area contributed by atoms with Crippen molar-refractivity contribution < 1.29 is 0 Å². The van der Waals surface area contributed by atoms with Crippen LogP contribution in [-0.2, 0) is 26.6 Å². The fourth-order valence-electron chi connectivity index (χ4n) is 2.94. The van der Waals surface area contributed by atoms with E-state index >= 15 is 0 Å². The minimum absolute atomic E-state index is 0.604. The van der Waals surface area contributed by atoms with Gasteiger partial charge in [-0.25, -0.2) is 4.98 Å². The summed E-state index contributed by atoms with van der Waals surface area (Å²) in [4.78, 5) is 10.9. The van der Waals surface area contributed by atoms with Crippen LogP contribution in [0.5, 0.6) is 0 Å². The summed E-state index contributed by atoms with van der Waals surface area (Å²) in [6.07, 6.45) is 2.69. The van der Waals surface area contributed by atoms with Gasteiger partial charge < -0.3 is 10.6 Å². The number of hydrogen-bond donors (Lipinski definition) is 2. The molecule has 0 atom stereocenters. The second-order valence-electron chi connectivity index (χ2n) is 5.95. The molecule has 1 aromatic heterocycles. The van der Waals surface area contributed by atoms with E-state index in [9.17, 15) is 0 Å². The Hall–Kier alpha value is -2.41. The van der Waals surface area contributed by atoms with Gasteiger partial charge in [-0.05, 0) is 17.5 Å². The lowest BCUT2D eigenvalue weighted by Crippen LogP contribution is -2.42. The first-order valence-corrected chi connectivity index (χ1v) is 8.33. The number of guanidine groups is 1. The van der Waals surface area contributed by atoms with Gasteiger partial charge in [0.05, 0.1) is 6.54 Å². The summed E-state index contributed by atoms with van der Waals surface area (Å²) in [5.74, 6) is 1.67. The number of fused-ring (bicyclic) bond motifs is 1. The predicted molar refractivity (Wildman–Crippen MR) is 94.6 cm³/mol. The molecule has 0 saturated carbocycles. The lowest BCUT2D eigenvalue weighted by Gasteiger charge is -2.28. The Bertz CT molecular complexity index is 692. The maximum absolute atomic E-state index is 4.25. The van der Waals surface area contributed by atoms with Crippen LogP contribution in [0.2, 0.25) is 0 Å². The van der Waals surface area contributed by atoms with Gasteiger partial charge in [-0.15, -0.1) is 0 Å². The molecule has 2 heterocycles. The Morgan fingerprint density at radius 3 is 2.83 bits per heavy atom. The van der Waals surface area contributed by atoms with Crippen LogP contribution >= 0.6 is 0 Å². The predicted octanol–water partition coefficient (Wildman–Crippen LogP) is 0.538. The normalized spacial score (nSPS) is 15.2. The van der Waals surface area contributed by atoms with E-state index in [0.29, 0.717) is 6.54 Å². The molecule has 0 spiro atoms. The van der Waals surface area contributed by atoms with Gasteiger partial charge in [0.2, 0.25) is 0 Å². The third kappa shape index (κ3) is 4.11. The van der Waals surface area contributed by atoms with Crippen LogP contribution in [0.15, 0.2) is 35.6 Å². The molecule has 128 valence electrons.